The Balaban J connectivity index is 1.57. The molecule has 2 amide bonds. The molecule has 0 radical (unpaired) electrons. The summed E-state index contributed by atoms with van der Waals surface area (Å²) < 4.78 is 30.7. The van der Waals surface area contributed by atoms with Crippen LogP contribution in [0.1, 0.15) is 18.1 Å². The fourth-order valence-corrected chi connectivity index (χ4v) is 4.11. The zero-order valence-corrected chi connectivity index (χ0v) is 17.4. The van der Waals surface area contributed by atoms with Gasteiger partial charge in [0, 0.05) is 24.6 Å². The predicted molar refractivity (Wildman–Crippen MR) is 115 cm³/mol. The number of benzene rings is 2. The van der Waals surface area contributed by atoms with Crippen molar-refractivity contribution in [1.29, 1.82) is 0 Å². The fourth-order valence-electron chi connectivity index (χ4n) is 2.76. The van der Waals surface area contributed by atoms with Crippen LogP contribution in [0.4, 0.5) is 10.5 Å². The highest BCUT2D eigenvalue weighted by Gasteiger charge is 2.15. The number of nitrogens with one attached hydrogen (secondary N) is 2. The summed E-state index contributed by atoms with van der Waals surface area (Å²) in [5.41, 5.74) is 2.05. The lowest BCUT2D eigenvalue weighted by Gasteiger charge is -2.09. The molecule has 0 saturated carbocycles. The maximum Gasteiger partial charge on any atom is 0.319 e. The molecule has 3 aromatic rings. The van der Waals surface area contributed by atoms with E-state index >= 15 is 0 Å². The summed E-state index contributed by atoms with van der Waals surface area (Å²) in [6, 6.07) is 16.4. The first kappa shape index (κ1) is 21.3. The van der Waals surface area contributed by atoms with Crippen molar-refractivity contribution in [2.75, 3.05) is 11.9 Å². The summed E-state index contributed by atoms with van der Waals surface area (Å²) in [6.45, 7) is 2.79. The van der Waals surface area contributed by atoms with E-state index < -0.39 is 9.84 Å². The van der Waals surface area contributed by atoms with Crippen molar-refractivity contribution in [3.63, 3.8) is 0 Å². The minimum absolute atomic E-state index is 0.113. The van der Waals surface area contributed by atoms with Crippen molar-refractivity contribution >= 4 is 21.6 Å². The minimum atomic E-state index is -3.51. The van der Waals surface area contributed by atoms with E-state index in [4.69, 9.17) is 4.74 Å². The van der Waals surface area contributed by atoms with Crippen molar-refractivity contribution < 1.29 is 17.9 Å². The molecular formula is C22H23N3O4S. The van der Waals surface area contributed by atoms with Crippen molar-refractivity contribution in [2.45, 2.75) is 24.1 Å². The summed E-state index contributed by atoms with van der Waals surface area (Å²) in [7, 11) is -3.51. The van der Waals surface area contributed by atoms with Gasteiger partial charge in [-0.15, -0.1) is 0 Å². The average molecular weight is 426 g/mol. The first-order valence-electron chi connectivity index (χ1n) is 9.44. The Morgan fingerprint density at radius 2 is 1.73 bits per heavy atom. The summed E-state index contributed by atoms with van der Waals surface area (Å²) >= 11 is 0. The molecule has 0 atom stereocenters. The summed E-state index contributed by atoms with van der Waals surface area (Å²) in [6.07, 6.45) is 3.33. The highest BCUT2D eigenvalue weighted by atomic mass is 32.2. The topological polar surface area (TPSA) is 97.4 Å². The van der Waals surface area contributed by atoms with Gasteiger partial charge in [-0.05, 0) is 60.5 Å². The number of anilines is 1. The highest BCUT2D eigenvalue weighted by molar-refractivity contribution is 7.90. The van der Waals surface area contributed by atoms with Gasteiger partial charge in [-0.1, -0.05) is 18.2 Å². The Morgan fingerprint density at radius 3 is 2.37 bits per heavy atom. The van der Waals surface area contributed by atoms with Crippen LogP contribution >= 0.6 is 0 Å². The van der Waals surface area contributed by atoms with Crippen molar-refractivity contribution in [2.24, 2.45) is 0 Å². The van der Waals surface area contributed by atoms with Gasteiger partial charge in [-0.3, -0.25) is 4.98 Å². The molecule has 0 bridgehead atoms. The molecule has 30 heavy (non-hydrogen) atoms. The number of ether oxygens (including phenoxy) is 1. The molecule has 0 aliphatic rings. The standard InChI is InChI=1S/C22H23N3O4S/c1-2-29-20-9-5-17(6-10-20)16-30(27,28)21-11-7-19(8-12-21)25-22(26)24-15-18-4-3-13-23-14-18/h3-14H,2,15-16H2,1H3,(H2,24,25,26). The van der Waals surface area contributed by atoms with Crippen LogP contribution in [0.25, 0.3) is 0 Å². The second kappa shape index (κ2) is 9.89. The van der Waals surface area contributed by atoms with Gasteiger partial charge in [0.2, 0.25) is 0 Å². The molecule has 8 heteroatoms. The van der Waals surface area contributed by atoms with Gasteiger partial charge in [-0.25, -0.2) is 13.2 Å². The van der Waals surface area contributed by atoms with Gasteiger partial charge in [0.15, 0.2) is 9.84 Å². The Morgan fingerprint density at radius 1 is 1.00 bits per heavy atom. The molecule has 1 aromatic heterocycles. The number of carbonyl (C=O) groups excluding carboxylic acids is 1. The number of nitrogens with zero attached hydrogens (tertiary/aromatic N) is 1. The molecule has 0 aliphatic heterocycles. The number of urea groups is 1. The Kier molecular flexibility index (Phi) is 7.03. The van der Waals surface area contributed by atoms with E-state index in [0.29, 0.717) is 30.2 Å². The second-order valence-corrected chi connectivity index (χ2v) is 8.52. The SMILES string of the molecule is CCOc1ccc(CS(=O)(=O)c2ccc(NC(=O)NCc3cccnc3)cc2)cc1. The number of aromatic nitrogens is 1. The molecule has 0 aliphatic carbocycles. The number of rotatable bonds is 8. The van der Waals surface area contributed by atoms with Gasteiger partial charge in [0.1, 0.15) is 5.75 Å². The predicted octanol–water partition coefficient (Wildman–Crippen LogP) is 3.78. The number of hydrogen-bond acceptors (Lipinski definition) is 5. The third-order valence-electron chi connectivity index (χ3n) is 4.24. The zero-order chi connectivity index (χ0) is 21.4. The molecule has 156 valence electrons. The average Bonchev–Trinajstić information content (AvgIpc) is 2.75. The molecule has 0 unspecified atom stereocenters. The van der Waals surface area contributed by atoms with Gasteiger partial charge in [0.05, 0.1) is 17.3 Å². The lowest BCUT2D eigenvalue weighted by molar-refractivity contribution is 0.251. The van der Waals surface area contributed by atoms with Crippen LogP contribution in [0.3, 0.4) is 0 Å². The van der Waals surface area contributed by atoms with E-state index in [1.165, 1.54) is 12.1 Å². The van der Waals surface area contributed by atoms with Crippen LogP contribution in [0.15, 0.2) is 78.0 Å². The molecule has 2 N–H and O–H groups in total. The molecule has 0 fully saturated rings. The molecule has 7 nitrogen and oxygen atoms in total. The Bertz CT molecular complexity index is 1070. The minimum Gasteiger partial charge on any atom is -0.494 e. The lowest BCUT2D eigenvalue weighted by Crippen LogP contribution is -2.28. The van der Waals surface area contributed by atoms with Crippen LogP contribution in [0.5, 0.6) is 5.75 Å². The summed E-state index contributed by atoms with van der Waals surface area (Å²) in [4.78, 5) is 16.2. The van der Waals surface area contributed by atoms with Gasteiger partial charge >= 0.3 is 6.03 Å². The van der Waals surface area contributed by atoms with E-state index in [1.54, 1.807) is 54.9 Å². The van der Waals surface area contributed by atoms with Crippen LogP contribution in [-0.2, 0) is 22.1 Å². The zero-order valence-electron chi connectivity index (χ0n) is 16.5. The first-order valence-corrected chi connectivity index (χ1v) is 11.1. The normalized spacial score (nSPS) is 11.0. The molecule has 3 rings (SSSR count). The maximum absolute atomic E-state index is 12.7. The number of hydrogen-bond donors (Lipinski definition) is 2. The van der Waals surface area contributed by atoms with Gasteiger partial charge < -0.3 is 15.4 Å². The van der Waals surface area contributed by atoms with E-state index in [9.17, 15) is 13.2 Å². The maximum atomic E-state index is 12.7. The smallest absolute Gasteiger partial charge is 0.319 e. The first-order chi connectivity index (χ1) is 14.5. The van der Waals surface area contributed by atoms with Crippen LogP contribution in [0.2, 0.25) is 0 Å². The fraction of sp³-hybridized carbons (Fsp3) is 0.182. The van der Waals surface area contributed by atoms with Gasteiger partial charge in [-0.2, -0.15) is 0 Å². The molecule has 0 saturated heterocycles. The molecule has 1 heterocycles. The van der Waals surface area contributed by atoms with Crippen LogP contribution in [-0.4, -0.2) is 26.0 Å². The molecular weight excluding hydrogens is 402 g/mol. The summed E-state index contributed by atoms with van der Waals surface area (Å²) in [5.74, 6) is 0.591. The highest BCUT2D eigenvalue weighted by Crippen LogP contribution is 2.20. The Labute approximate surface area is 176 Å². The van der Waals surface area contributed by atoms with Crippen molar-refractivity contribution in [3.8, 4) is 5.75 Å². The monoisotopic (exact) mass is 425 g/mol. The third kappa shape index (κ3) is 6.05. The second-order valence-electron chi connectivity index (χ2n) is 6.53. The van der Waals surface area contributed by atoms with Crippen molar-refractivity contribution in [3.05, 3.63) is 84.2 Å². The van der Waals surface area contributed by atoms with Gasteiger partial charge in [0.25, 0.3) is 0 Å². The van der Waals surface area contributed by atoms with E-state index in [0.717, 1.165) is 5.56 Å². The lowest BCUT2D eigenvalue weighted by atomic mass is 10.2. The van der Waals surface area contributed by atoms with E-state index in [-0.39, 0.29) is 16.7 Å². The number of sulfone groups is 1. The quantitative estimate of drug-likeness (QED) is 0.572. The number of amides is 2. The molecule has 2 aromatic carbocycles. The summed E-state index contributed by atoms with van der Waals surface area (Å²) in [5, 5.41) is 5.40. The van der Waals surface area contributed by atoms with Crippen LogP contribution < -0.4 is 15.4 Å². The Hall–Kier alpha value is -3.39. The number of carbonyl (C=O) groups is 1. The number of pyridine rings is 1. The van der Waals surface area contributed by atoms with E-state index in [2.05, 4.69) is 15.6 Å². The largest absolute Gasteiger partial charge is 0.494 e. The van der Waals surface area contributed by atoms with Crippen LogP contribution in [0, 0.1) is 0 Å². The van der Waals surface area contributed by atoms with Crippen molar-refractivity contribution in [1.82, 2.24) is 10.3 Å². The molecule has 0 spiro atoms. The third-order valence-corrected chi connectivity index (χ3v) is 5.94. The van der Waals surface area contributed by atoms with E-state index in [1.807, 2.05) is 13.0 Å².